The topological polar surface area (TPSA) is 4.93 Å². The van der Waals surface area contributed by atoms with Gasteiger partial charge in [-0.25, -0.2) is 0 Å². The first-order valence-electron chi connectivity index (χ1n) is 8.35. The predicted molar refractivity (Wildman–Crippen MR) is 93.4 cm³/mol. The van der Waals surface area contributed by atoms with Gasteiger partial charge in [-0.1, -0.05) is 65.7 Å². The standard InChI is InChI=1S/C18H32BrN/c1-5-7-9-11-13-18(3,12-10-8-6-2)16-14-20(4)15-17(16)19/h14-15H,5-13H2,1-4H3. The molecule has 0 bridgehead atoms. The number of aromatic nitrogens is 1. The Balaban J connectivity index is 2.74. The van der Waals surface area contributed by atoms with Crippen LogP contribution in [0.5, 0.6) is 0 Å². The highest BCUT2D eigenvalue weighted by Gasteiger charge is 2.28. The van der Waals surface area contributed by atoms with Crippen molar-refractivity contribution in [2.75, 3.05) is 0 Å². The summed E-state index contributed by atoms with van der Waals surface area (Å²) in [5.74, 6) is 0. The molecule has 1 nitrogen and oxygen atoms in total. The van der Waals surface area contributed by atoms with Crippen molar-refractivity contribution in [3.63, 3.8) is 0 Å². The fraction of sp³-hybridized carbons (Fsp3) is 0.778. The summed E-state index contributed by atoms with van der Waals surface area (Å²) in [4.78, 5) is 0. The van der Waals surface area contributed by atoms with Crippen molar-refractivity contribution in [3.8, 4) is 0 Å². The number of unbranched alkanes of at least 4 members (excludes halogenated alkanes) is 5. The van der Waals surface area contributed by atoms with Crippen LogP contribution in [0.15, 0.2) is 16.9 Å². The summed E-state index contributed by atoms with van der Waals surface area (Å²) in [6, 6.07) is 0. The Morgan fingerprint density at radius 2 is 1.50 bits per heavy atom. The van der Waals surface area contributed by atoms with E-state index in [1.807, 2.05) is 0 Å². The molecule has 0 N–H and O–H groups in total. The summed E-state index contributed by atoms with van der Waals surface area (Å²) in [6.07, 6.45) is 16.6. The van der Waals surface area contributed by atoms with Crippen molar-refractivity contribution in [1.29, 1.82) is 0 Å². The second kappa shape index (κ2) is 8.92. The molecule has 1 aromatic heterocycles. The third kappa shape index (κ3) is 5.27. The van der Waals surface area contributed by atoms with Crippen LogP contribution >= 0.6 is 15.9 Å². The quantitative estimate of drug-likeness (QED) is 0.422. The van der Waals surface area contributed by atoms with Gasteiger partial charge in [0.05, 0.1) is 0 Å². The zero-order valence-electron chi connectivity index (χ0n) is 13.8. The molecule has 0 aliphatic rings. The molecule has 0 radical (unpaired) electrons. The maximum atomic E-state index is 3.76. The summed E-state index contributed by atoms with van der Waals surface area (Å²) in [5, 5.41) is 0. The Morgan fingerprint density at radius 1 is 0.950 bits per heavy atom. The molecule has 1 heterocycles. The van der Waals surface area contributed by atoms with E-state index in [0.717, 1.165) is 0 Å². The van der Waals surface area contributed by atoms with E-state index >= 15 is 0 Å². The normalized spacial score (nSPS) is 14.4. The lowest BCUT2D eigenvalue weighted by Crippen LogP contribution is -2.22. The van der Waals surface area contributed by atoms with E-state index in [1.54, 1.807) is 0 Å². The predicted octanol–water partition coefficient (Wildman–Crippen LogP) is 6.60. The molecule has 0 aliphatic carbocycles. The van der Waals surface area contributed by atoms with Crippen LogP contribution in [0, 0.1) is 0 Å². The van der Waals surface area contributed by atoms with Gasteiger partial charge in [-0.3, -0.25) is 0 Å². The van der Waals surface area contributed by atoms with Gasteiger partial charge in [0, 0.05) is 23.9 Å². The summed E-state index contributed by atoms with van der Waals surface area (Å²) >= 11 is 3.76. The summed E-state index contributed by atoms with van der Waals surface area (Å²) in [6.45, 7) is 7.04. The fourth-order valence-corrected chi connectivity index (χ4v) is 4.00. The summed E-state index contributed by atoms with van der Waals surface area (Å²) < 4.78 is 3.47. The Hall–Kier alpha value is -0.240. The van der Waals surface area contributed by atoms with E-state index < -0.39 is 0 Å². The Morgan fingerprint density at radius 3 is 2.00 bits per heavy atom. The first-order valence-corrected chi connectivity index (χ1v) is 9.14. The van der Waals surface area contributed by atoms with E-state index in [2.05, 4.69) is 60.7 Å². The summed E-state index contributed by atoms with van der Waals surface area (Å²) in [5.41, 5.74) is 1.84. The van der Waals surface area contributed by atoms with Gasteiger partial charge in [0.1, 0.15) is 0 Å². The maximum absolute atomic E-state index is 3.76. The molecule has 1 unspecified atom stereocenters. The Bertz CT molecular complexity index is 383. The number of hydrogen-bond donors (Lipinski definition) is 0. The fourth-order valence-electron chi connectivity index (χ4n) is 3.10. The van der Waals surface area contributed by atoms with E-state index in [-0.39, 0.29) is 0 Å². The van der Waals surface area contributed by atoms with Crippen LogP contribution < -0.4 is 0 Å². The van der Waals surface area contributed by atoms with Gasteiger partial charge in [-0.05, 0) is 39.8 Å². The van der Waals surface area contributed by atoms with Gasteiger partial charge in [-0.15, -0.1) is 0 Å². The highest BCUT2D eigenvalue weighted by atomic mass is 79.9. The van der Waals surface area contributed by atoms with Crippen LogP contribution in [0.4, 0.5) is 0 Å². The number of halogens is 1. The van der Waals surface area contributed by atoms with Crippen molar-refractivity contribution in [3.05, 3.63) is 22.4 Å². The second-order valence-electron chi connectivity index (χ2n) is 6.51. The second-order valence-corrected chi connectivity index (χ2v) is 7.37. The molecule has 0 aliphatic heterocycles. The van der Waals surface area contributed by atoms with Crippen LogP contribution in [-0.2, 0) is 12.5 Å². The van der Waals surface area contributed by atoms with Gasteiger partial charge in [0.2, 0.25) is 0 Å². The van der Waals surface area contributed by atoms with Crippen LogP contribution in [-0.4, -0.2) is 4.57 Å². The van der Waals surface area contributed by atoms with Crippen LogP contribution in [0.25, 0.3) is 0 Å². The lowest BCUT2D eigenvalue weighted by Gasteiger charge is -2.30. The highest BCUT2D eigenvalue weighted by Crippen LogP contribution is 2.39. The minimum atomic E-state index is 0.336. The Kier molecular flexibility index (Phi) is 7.94. The molecule has 0 amide bonds. The van der Waals surface area contributed by atoms with Crippen molar-refractivity contribution in [2.45, 2.75) is 84.0 Å². The van der Waals surface area contributed by atoms with Crippen molar-refractivity contribution < 1.29 is 0 Å². The lowest BCUT2D eigenvalue weighted by molar-refractivity contribution is 0.364. The zero-order chi connectivity index (χ0) is 15.0. The lowest BCUT2D eigenvalue weighted by atomic mass is 9.75. The average Bonchev–Trinajstić information content (AvgIpc) is 2.75. The van der Waals surface area contributed by atoms with Gasteiger partial charge >= 0.3 is 0 Å². The molecule has 1 rings (SSSR count). The van der Waals surface area contributed by atoms with E-state index in [0.29, 0.717) is 5.41 Å². The van der Waals surface area contributed by atoms with Gasteiger partial charge in [-0.2, -0.15) is 0 Å². The van der Waals surface area contributed by atoms with Crippen molar-refractivity contribution in [1.82, 2.24) is 4.57 Å². The molecular formula is C18H32BrN. The maximum Gasteiger partial charge on any atom is 0.0389 e. The van der Waals surface area contributed by atoms with Crippen LogP contribution in [0.2, 0.25) is 0 Å². The molecule has 20 heavy (non-hydrogen) atoms. The molecule has 1 atom stereocenters. The van der Waals surface area contributed by atoms with Crippen molar-refractivity contribution >= 4 is 15.9 Å². The average molecular weight is 342 g/mol. The number of aryl methyl sites for hydroxylation is 1. The van der Waals surface area contributed by atoms with Crippen molar-refractivity contribution in [2.24, 2.45) is 7.05 Å². The van der Waals surface area contributed by atoms with Gasteiger partial charge in [0.25, 0.3) is 0 Å². The number of rotatable bonds is 10. The highest BCUT2D eigenvalue weighted by molar-refractivity contribution is 9.10. The minimum absolute atomic E-state index is 0.336. The van der Waals surface area contributed by atoms with E-state index in [9.17, 15) is 0 Å². The van der Waals surface area contributed by atoms with E-state index in [1.165, 1.54) is 67.8 Å². The molecule has 116 valence electrons. The summed E-state index contributed by atoms with van der Waals surface area (Å²) in [7, 11) is 2.12. The SMILES string of the molecule is CCCCCCC(C)(CCCCC)c1cn(C)cc1Br. The first-order chi connectivity index (χ1) is 9.53. The van der Waals surface area contributed by atoms with Gasteiger partial charge in [0.15, 0.2) is 0 Å². The van der Waals surface area contributed by atoms with Crippen LogP contribution in [0.1, 0.15) is 84.1 Å². The van der Waals surface area contributed by atoms with Crippen LogP contribution in [0.3, 0.4) is 0 Å². The molecule has 0 saturated heterocycles. The van der Waals surface area contributed by atoms with E-state index in [4.69, 9.17) is 0 Å². The monoisotopic (exact) mass is 341 g/mol. The molecule has 0 saturated carbocycles. The van der Waals surface area contributed by atoms with Gasteiger partial charge < -0.3 is 4.57 Å². The molecule has 1 aromatic rings. The number of nitrogens with zero attached hydrogens (tertiary/aromatic N) is 1. The third-order valence-electron chi connectivity index (χ3n) is 4.47. The largest absolute Gasteiger partial charge is 0.356 e. The number of hydrogen-bond acceptors (Lipinski definition) is 0. The molecule has 0 aromatic carbocycles. The Labute approximate surface area is 134 Å². The minimum Gasteiger partial charge on any atom is -0.356 e. The molecule has 2 heteroatoms. The molecule has 0 fully saturated rings. The first kappa shape index (κ1) is 17.8. The molecule has 0 spiro atoms. The smallest absolute Gasteiger partial charge is 0.0389 e. The third-order valence-corrected chi connectivity index (χ3v) is 5.10. The molecular weight excluding hydrogens is 310 g/mol. The zero-order valence-corrected chi connectivity index (χ0v) is 15.4.